The van der Waals surface area contributed by atoms with Crippen molar-refractivity contribution in [2.24, 2.45) is 11.8 Å². The van der Waals surface area contributed by atoms with Gasteiger partial charge in [-0.25, -0.2) is 9.59 Å². The van der Waals surface area contributed by atoms with E-state index < -0.39 is 11.5 Å². The average molecular weight is 268 g/mol. The number of urea groups is 1. The fourth-order valence-corrected chi connectivity index (χ4v) is 2.90. The topological polar surface area (TPSA) is 78.4 Å². The summed E-state index contributed by atoms with van der Waals surface area (Å²) in [6.07, 6.45) is 7.86. The molecule has 0 spiro atoms. The van der Waals surface area contributed by atoms with Crippen LogP contribution in [0.25, 0.3) is 0 Å². The van der Waals surface area contributed by atoms with Gasteiger partial charge in [0.25, 0.3) is 0 Å². The molecule has 0 heterocycles. The van der Waals surface area contributed by atoms with Crippen LogP contribution in [0.15, 0.2) is 0 Å². The first kappa shape index (κ1) is 14.2. The summed E-state index contributed by atoms with van der Waals surface area (Å²) in [6, 6.07) is -0.345. The second-order valence-corrected chi connectivity index (χ2v) is 6.12. The minimum absolute atomic E-state index is 0.0745. The van der Waals surface area contributed by atoms with Gasteiger partial charge < -0.3 is 15.7 Å². The lowest BCUT2D eigenvalue weighted by Crippen LogP contribution is -2.57. The molecule has 0 aliphatic heterocycles. The van der Waals surface area contributed by atoms with Gasteiger partial charge in [-0.2, -0.15) is 0 Å². The summed E-state index contributed by atoms with van der Waals surface area (Å²) < 4.78 is 0. The van der Waals surface area contributed by atoms with Crippen LogP contribution in [-0.4, -0.2) is 29.2 Å². The summed E-state index contributed by atoms with van der Waals surface area (Å²) in [4.78, 5) is 23.2. The number of hydrogen-bond donors (Lipinski definition) is 3. The third kappa shape index (κ3) is 3.61. The Hall–Kier alpha value is -1.26. The quantitative estimate of drug-likeness (QED) is 0.714. The Morgan fingerprint density at radius 1 is 1.16 bits per heavy atom. The van der Waals surface area contributed by atoms with E-state index in [1.165, 1.54) is 32.1 Å². The fourth-order valence-electron chi connectivity index (χ4n) is 2.90. The molecule has 108 valence electrons. The number of carboxylic acids is 1. The molecule has 0 aromatic heterocycles. The maximum absolute atomic E-state index is 11.9. The first-order valence-corrected chi connectivity index (χ1v) is 7.32. The molecule has 1 unspecified atom stereocenters. The average Bonchev–Trinajstić information content (AvgIpc) is 3.22. The van der Waals surface area contributed by atoms with Crippen molar-refractivity contribution in [1.82, 2.24) is 10.6 Å². The van der Waals surface area contributed by atoms with E-state index in [-0.39, 0.29) is 11.9 Å². The summed E-state index contributed by atoms with van der Waals surface area (Å²) in [6.45, 7) is 2.26. The first-order valence-electron chi connectivity index (χ1n) is 7.32. The number of amides is 2. The normalized spacial score (nSPS) is 23.4. The van der Waals surface area contributed by atoms with E-state index in [1.807, 2.05) is 0 Å². The van der Waals surface area contributed by atoms with Gasteiger partial charge in [-0.1, -0.05) is 19.3 Å². The van der Waals surface area contributed by atoms with Crippen molar-refractivity contribution in [3.63, 3.8) is 0 Å². The van der Waals surface area contributed by atoms with E-state index in [1.54, 1.807) is 6.92 Å². The van der Waals surface area contributed by atoms with Crippen molar-refractivity contribution >= 4 is 12.0 Å². The van der Waals surface area contributed by atoms with E-state index in [2.05, 4.69) is 10.6 Å². The van der Waals surface area contributed by atoms with Gasteiger partial charge in [0.05, 0.1) is 0 Å². The highest BCUT2D eigenvalue weighted by molar-refractivity contribution is 5.86. The van der Waals surface area contributed by atoms with E-state index in [4.69, 9.17) is 0 Å². The van der Waals surface area contributed by atoms with Gasteiger partial charge in [0.2, 0.25) is 0 Å². The molecule has 2 amide bonds. The SMILES string of the molecule is CC(NC(=O)NCC1CCCCC1)(C(=O)O)C1CC1. The molecule has 1 atom stereocenters. The van der Waals surface area contributed by atoms with Gasteiger partial charge in [-0.05, 0) is 44.4 Å². The standard InChI is InChI=1S/C14H24N2O3/c1-14(12(17)18,11-7-8-11)16-13(19)15-9-10-5-3-2-4-6-10/h10-11H,2-9H2,1H3,(H,17,18)(H2,15,16,19). The summed E-state index contributed by atoms with van der Waals surface area (Å²) in [5.41, 5.74) is -1.11. The molecule has 0 saturated heterocycles. The Labute approximate surface area is 114 Å². The van der Waals surface area contributed by atoms with E-state index in [0.717, 1.165) is 12.8 Å². The monoisotopic (exact) mass is 268 g/mol. The lowest BCUT2D eigenvalue weighted by atomic mass is 9.89. The smallest absolute Gasteiger partial charge is 0.329 e. The molecule has 0 bridgehead atoms. The second-order valence-electron chi connectivity index (χ2n) is 6.12. The molecule has 2 aliphatic carbocycles. The van der Waals surface area contributed by atoms with Crippen molar-refractivity contribution in [3.05, 3.63) is 0 Å². The number of nitrogens with one attached hydrogen (secondary N) is 2. The van der Waals surface area contributed by atoms with Crippen LogP contribution in [0.1, 0.15) is 51.9 Å². The minimum atomic E-state index is -1.11. The van der Waals surface area contributed by atoms with E-state index >= 15 is 0 Å². The van der Waals surface area contributed by atoms with Crippen LogP contribution >= 0.6 is 0 Å². The number of carbonyl (C=O) groups is 2. The van der Waals surface area contributed by atoms with E-state index in [0.29, 0.717) is 12.5 Å². The zero-order chi connectivity index (χ0) is 13.9. The molecular formula is C14H24N2O3. The lowest BCUT2D eigenvalue weighted by molar-refractivity contribution is -0.144. The predicted octanol–water partition coefficient (Wildman–Crippen LogP) is 2.12. The minimum Gasteiger partial charge on any atom is -0.480 e. The summed E-state index contributed by atoms with van der Waals surface area (Å²) >= 11 is 0. The lowest BCUT2D eigenvalue weighted by Gasteiger charge is -2.27. The first-order chi connectivity index (χ1) is 9.02. The van der Waals surface area contributed by atoms with Crippen LogP contribution in [0.3, 0.4) is 0 Å². The molecule has 5 nitrogen and oxygen atoms in total. The summed E-state index contributed by atoms with van der Waals surface area (Å²) in [7, 11) is 0. The predicted molar refractivity (Wildman–Crippen MR) is 71.9 cm³/mol. The van der Waals surface area contributed by atoms with Crippen LogP contribution < -0.4 is 10.6 Å². The Morgan fingerprint density at radius 2 is 1.79 bits per heavy atom. The van der Waals surface area contributed by atoms with Crippen molar-refractivity contribution in [2.45, 2.75) is 57.4 Å². The van der Waals surface area contributed by atoms with Gasteiger partial charge in [0, 0.05) is 6.54 Å². The van der Waals surface area contributed by atoms with Gasteiger partial charge in [0.1, 0.15) is 5.54 Å². The van der Waals surface area contributed by atoms with Crippen molar-refractivity contribution in [2.75, 3.05) is 6.54 Å². The number of hydrogen-bond acceptors (Lipinski definition) is 2. The highest BCUT2D eigenvalue weighted by Crippen LogP contribution is 2.39. The van der Waals surface area contributed by atoms with Gasteiger partial charge >= 0.3 is 12.0 Å². The zero-order valence-electron chi connectivity index (χ0n) is 11.6. The number of carboxylic acid groups (broad SMARTS) is 1. The van der Waals surface area contributed by atoms with Gasteiger partial charge in [0.15, 0.2) is 0 Å². The van der Waals surface area contributed by atoms with Gasteiger partial charge in [-0.3, -0.25) is 0 Å². The zero-order valence-corrected chi connectivity index (χ0v) is 11.6. The molecule has 19 heavy (non-hydrogen) atoms. The molecule has 2 rings (SSSR count). The Balaban J connectivity index is 1.77. The van der Waals surface area contributed by atoms with E-state index in [9.17, 15) is 14.7 Å². The number of rotatable bonds is 5. The Kier molecular flexibility index (Phi) is 4.32. The van der Waals surface area contributed by atoms with Crippen molar-refractivity contribution in [3.8, 4) is 0 Å². The molecule has 0 radical (unpaired) electrons. The van der Waals surface area contributed by atoms with Crippen molar-refractivity contribution in [1.29, 1.82) is 0 Å². The molecule has 5 heteroatoms. The maximum atomic E-state index is 11.9. The van der Waals surface area contributed by atoms with Crippen LogP contribution in [0.5, 0.6) is 0 Å². The van der Waals surface area contributed by atoms with Gasteiger partial charge in [-0.15, -0.1) is 0 Å². The summed E-state index contributed by atoms with van der Waals surface area (Å²) in [5, 5.41) is 14.7. The molecule has 0 aromatic rings. The summed E-state index contributed by atoms with van der Waals surface area (Å²) in [5.74, 6) is -0.315. The van der Waals surface area contributed by atoms with Crippen molar-refractivity contribution < 1.29 is 14.7 Å². The molecular weight excluding hydrogens is 244 g/mol. The van der Waals surface area contributed by atoms with Crippen LogP contribution in [0.2, 0.25) is 0 Å². The molecule has 3 N–H and O–H groups in total. The molecule has 2 saturated carbocycles. The highest BCUT2D eigenvalue weighted by Gasteiger charge is 2.48. The van der Waals surface area contributed by atoms with Crippen LogP contribution in [0, 0.1) is 11.8 Å². The molecule has 2 aliphatic rings. The second kappa shape index (κ2) is 5.80. The number of carbonyl (C=O) groups excluding carboxylic acids is 1. The number of aliphatic carboxylic acids is 1. The highest BCUT2D eigenvalue weighted by atomic mass is 16.4. The maximum Gasteiger partial charge on any atom is 0.329 e. The Bertz CT molecular complexity index is 349. The fraction of sp³-hybridized carbons (Fsp3) is 0.857. The van der Waals surface area contributed by atoms with Crippen LogP contribution in [-0.2, 0) is 4.79 Å². The Morgan fingerprint density at radius 3 is 2.32 bits per heavy atom. The third-order valence-electron chi connectivity index (χ3n) is 4.49. The molecule has 0 aromatic carbocycles. The molecule has 2 fully saturated rings. The largest absolute Gasteiger partial charge is 0.480 e. The van der Waals surface area contributed by atoms with Crippen LogP contribution in [0.4, 0.5) is 4.79 Å². The third-order valence-corrected chi connectivity index (χ3v) is 4.49.